The molecule has 3 rings (SSSR count). The highest BCUT2D eigenvalue weighted by molar-refractivity contribution is 6.04. The normalized spacial score (nSPS) is 11.1. The fraction of sp³-hybridized carbons (Fsp3) is 0.111. The lowest BCUT2D eigenvalue weighted by Crippen LogP contribution is -2.17. The first kappa shape index (κ1) is 11.8. The molecular formula is C18H17N. The minimum Gasteiger partial charge on any atom is -0.377 e. The molecule has 0 aliphatic carbocycles. The van der Waals surface area contributed by atoms with Crippen molar-refractivity contribution in [2.24, 2.45) is 0 Å². The number of anilines is 1. The van der Waals surface area contributed by atoms with Gasteiger partial charge in [-0.25, -0.2) is 0 Å². The van der Waals surface area contributed by atoms with E-state index in [0.717, 1.165) is 10.4 Å². The Morgan fingerprint density at radius 2 is 1.32 bits per heavy atom. The van der Waals surface area contributed by atoms with E-state index < -0.39 is 0 Å². The molecule has 0 bridgehead atoms. The largest absolute Gasteiger partial charge is 0.377 e. The summed E-state index contributed by atoms with van der Waals surface area (Å²) in [6.45, 7) is 8.58. The zero-order valence-electron chi connectivity index (χ0n) is 11.4. The summed E-state index contributed by atoms with van der Waals surface area (Å²) in [7, 11) is 4.12. The van der Waals surface area contributed by atoms with Crippen LogP contribution < -0.4 is 15.3 Å². The molecule has 0 saturated heterocycles. The Balaban J connectivity index is 2.69. The van der Waals surface area contributed by atoms with E-state index in [-0.39, 0.29) is 0 Å². The molecule has 0 spiro atoms. The van der Waals surface area contributed by atoms with Gasteiger partial charge >= 0.3 is 0 Å². The molecule has 1 heteroatoms. The monoisotopic (exact) mass is 247 g/mol. The molecule has 3 aromatic rings. The third-order valence-corrected chi connectivity index (χ3v) is 3.73. The third-order valence-electron chi connectivity index (χ3n) is 3.73. The van der Waals surface area contributed by atoms with Gasteiger partial charge in [0, 0.05) is 25.2 Å². The molecule has 0 amide bonds. The molecule has 0 heterocycles. The van der Waals surface area contributed by atoms with E-state index in [1.54, 1.807) is 0 Å². The average molecular weight is 247 g/mol. The van der Waals surface area contributed by atoms with Gasteiger partial charge in [0.1, 0.15) is 0 Å². The summed E-state index contributed by atoms with van der Waals surface area (Å²) >= 11 is 0. The molecule has 0 aromatic heterocycles. The smallest absolute Gasteiger partial charge is 0.0447 e. The molecule has 0 atom stereocenters. The van der Waals surface area contributed by atoms with E-state index in [2.05, 4.69) is 74.6 Å². The van der Waals surface area contributed by atoms with Gasteiger partial charge in [-0.05, 0) is 32.7 Å². The van der Waals surface area contributed by atoms with Gasteiger partial charge in [0.2, 0.25) is 0 Å². The molecule has 0 fully saturated rings. The van der Waals surface area contributed by atoms with Gasteiger partial charge in [0.25, 0.3) is 0 Å². The summed E-state index contributed by atoms with van der Waals surface area (Å²) in [5.74, 6) is 0. The summed E-state index contributed by atoms with van der Waals surface area (Å²) in [6, 6.07) is 14.7. The second-order valence-electron chi connectivity index (χ2n) is 5.10. The van der Waals surface area contributed by atoms with Crippen molar-refractivity contribution in [1.29, 1.82) is 0 Å². The van der Waals surface area contributed by atoms with Crippen LogP contribution in [0.1, 0.15) is 0 Å². The molecule has 0 unspecified atom stereocenters. The number of fused-ring (bicyclic) bond motifs is 2. The van der Waals surface area contributed by atoms with Crippen LogP contribution in [-0.4, -0.2) is 14.1 Å². The molecule has 94 valence electrons. The second-order valence-corrected chi connectivity index (χ2v) is 5.10. The summed E-state index contributed by atoms with van der Waals surface area (Å²) in [6.07, 6.45) is 0. The number of hydrogen-bond acceptors (Lipinski definition) is 1. The zero-order valence-corrected chi connectivity index (χ0v) is 11.4. The van der Waals surface area contributed by atoms with Gasteiger partial charge in [-0.1, -0.05) is 49.6 Å². The summed E-state index contributed by atoms with van der Waals surface area (Å²) in [4.78, 5) is 2.13. The zero-order chi connectivity index (χ0) is 13.6. The highest BCUT2D eigenvalue weighted by Crippen LogP contribution is 2.22. The van der Waals surface area contributed by atoms with Crippen LogP contribution in [0, 0.1) is 0 Å². The van der Waals surface area contributed by atoms with Crippen LogP contribution in [0.25, 0.3) is 34.7 Å². The first-order valence-corrected chi connectivity index (χ1v) is 6.40. The Bertz CT molecular complexity index is 875. The minimum absolute atomic E-state index is 1.08. The van der Waals surface area contributed by atoms with Crippen molar-refractivity contribution in [1.82, 2.24) is 0 Å². The van der Waals surface area contributed by atoms with Crippen molar-refractivity contribution >= 4 is 40.4 Å². The fourth-order valence-electron chi connectivity index (χ4n) is 2.77. The van der Waals surface area contributed by atoms with Crippen LogP contribution >= 0.6 is 0 Å². The van der Waals surface area contributed by atoms with E-state index in [0.29, 0.717) is 0 Å². The summed E-state index contributed by atoms with van der Waals surface area (Å²) in [5.41, 5.74) is 1.19. The van der Waals surface area contributed by atoms with Gasteiger partial charge in [-0.3, -0.25) is 0 Å². The van der Waals surface area contributed by atoms with Crippen molar-refractivity contribution in [3.63, 3.8) is 0 Å². The predicted octanol–water partition coefficient (Wildman–Crippen LogP) is 2.88. The van der Waals surface area contributed by atoms with Gasteiger partial charge in [0.05, 0.1) is 0 Å². The number of nitrogens with zero attached hydrogens (tertiary/aromatic N) is 1. The number of hydrogen-bond donors (Lipinski definition) is 0. The summed E-state index contributed by atoms with van der Waals surface area (Å²) in [5, 5.41) is 6.94. The maximum Gasteiger partial charge on any atom is 0.0447 e. The van der Waals surface area contributed by atoms with Gasteiger partial charge in [-0.2, -0.15) is 0 Å². The highest BCUT2D eigenvalue weighted by Gasteiger charge is 2.08. The fourth-order valence-corrected chi connectivity index (χ4v) is 2.77. The van der Waals surface area contributed by atoms with E-state index in [9.17, 15) is 0 Å². The van der Waals surface area contributed by atoms with Crippen LogP contribution in [0.15, 0.2) is 42.5 Å². The van der Waals surface area contributed by atoms with E-state index in [4.69, 9.17) is 0 Å². The van der Waals surface area contributed by atoms with Crippen molar-refractivity contribution in [2.45, 2.75) is 0 Å². The van der Waals surface area contributed by atoms with Crippen LogP contribution in [0.4, 0.5) is 5.69 Å². The quantitative estimate of drug-likeness (QED) is 0.598. The van der Waals surface area contributed by atoms with Gasteiger partial charge in [0.15, 0.2) is 0 Å². The SMILES string of the molecule is C=c1c2ccccc2c(=C)c2c(N(C)C)cccc12. The van der Waals surface area contributed by atoms with Crippen LogP contribution in [0.5, 0.6) is 0 Å². The Morgan fingerprint density at radius 1 is 0.737 bits per heavy atom. The summed E-state index contributed by atoms with van der Waals surface area (Å²) < 4.78 is 0. The molecule has 0 aliphatic heterocycles. The Hall–Kier alpha value is -2.28. The minimum atomic E-state index is 1.08. The van der Waals surface area contributed by atoms with Crippen molar-refractivity contribution in [3.05, 3.63) is 52.9 Å². The Labute approximate surface area is 113 Å². The second kappa shape index (κ2) is 4.13. The molecule has 3 aromatic carbocycles. The van der Waals surface area contributed by atoms with E-state index in [1.165, 1.54) is 27.2 Å². The van der Waals surface area contributed by atoms with Crippen LogP contribution in [-0.2, 0) is 0 Å². The number of benzene rings is 3. The third kappa shape index (κ3) is 1.62. The van der Waals surface area contributed by atoms with Crippen molar-refractivity contribution in [2.75, 3.05) is 19.0 Å². The van der Waals surface area contributed by atoms with Crippen molar-refractivity contribution in [3.8, 4) is 0 Å². The Morgan fingerprint density at radius 3 is 1.95 bits per heavy atom. The molecule has 0 N–H and O–H groups in total. The van der Waals surface area contributed by atoms with Crippen LogP contribution in [0.2, 0.25) is 0 Å². The molecule has 0 radical (unpaired) electrons. The lowest BCUT2D eigenvalue weighted by molar-refractivity contribution is 1.14. The first-order valence-electron chi connectivity index (χ1n) is 6.40. The molecule has 19 heavy (non-hydrogen) atoms. The maximum absolute atomic E-state index is 4.31. The van der Waals surface area contributed by atoms with E-state index in [1.807, 2.05) is 0 Å². The predicted molar refractivity (Wildman–Crippen MR) is 86.1 cm³/mol. The number of rotatable bonds is 1. The molecule has 0 aliphatic rings. The maximum atomic E-state index is 4.31. The average Bonchev–Trinajstić information content (AvgIpc) is 2.44. The lowest BCUT2D eigenvalue weighted by Gasteiger charge is -2.17. The van der Waals surface area contributed by atoms with Crippen LogP contribution in [0.3, 0.4) is 0 Å². The Kier molecular flexibility index (Phi) is 2.56. The van der Waals surface area contributed by atoms with Gasteiger partial charge < -0.3 is 4.90 Å². The topological polar surface area (TPSA) is 3.24 Å². The molecular weight excluding hydrogens is 230 g/mol. The van der Waals surface area contributed by atoms with Gasteiger partial charge in [-0.15, -0.1) is 0 Å². The molecule has 1 nitrogen and oxygen atoms in total. The molecule has 0 saturated carbocycles. The lowest BCUT2D eigenvalue weighted by atomic mass is 9.97. The standard InChI is InChI=1S/C18H17N/c1-12-14-8-5-6-9-15(14)13(2)18-16(12)10-7-11-17(18)19(3)4/h5-11H,1-2H2,3-4H3. The van der Waals surface area contributed by atoms with Crippen molar-refractivity contribution < 1.29 is 0 Å². The van der Waals surface area contributed by atoms with E-state index >= 15 is 0 Å². The highest BCUT2D eigenvalue weighted by atomic mass is 15.1. The first-order chi connectivity index (χ1) is 9.11.